The van der Waals surface area contributed by atoms with Gasteiger partial charge in [0.1, 0.15) is 13.2 Å². The molecule has 2 atom stereocenters. The number of ether oxygens (including phenoxy) is 2. The molecule has 0 aliphatic carbocycles. The molecule has 0 saturated carbocycles. The van der Waals surface area contributed by atoms with Crippen molar-refractivity contribution in [2.75, 3.05) is 37.7 Å². The third-order valence-electron chi connectivity index (χ3n) is 4.26. The lowest BCUT2D eigenvalue weighted by molar-refractivity contribution is 0.171. The normalized spacial score (nSPS) is 25.6. The summed E-state index contributed by atoms with van der Waals surface area (Å²) >= 11 is 0. The smallest absolute Gasteiger partial charge is 0.163 e. The molecule has 0 aromatic heterocycles. The first-order valence-electron chi connectivity index (χ1n) is 7.66. The fraction of sp³-hybridized carbons (Fsp3) is 0.625. The molecule has 2 unspecified atom stereocenters. The van der Waals surface area contributed by atoms with Gasteiger partial charge in [-0.3, -0.25) is 0 Å². The molecule has 0 radical (unpaired) electrons. The van der Waals surface area contributed by atoms with E-state index in [1.54, 1.807) is 0 Å². The summed E-state index contributed by atoms with van der Waals surface area (Å²) in [6, 6.07) is 6.95. The predicted molar refractivity (Wildman–Crippen MR) is 80.9 cm³/mol. The van der Waals surface area contributed by atoms with Crippen LogP contribution < -0.4 is 19.7 Å². The Labute approximate surface area is 121 Å². The summed E-state index contributed by atoms with van der Waals surface area (Å²) in [6.07, 6.45) is 1.20. The predicted octanol–water partition coefficient (Wildman–Crippen LogP) is 2.28. The lowest BCUT2D eigenvalue weighted by atomic mass is 9.93. The van der Waals surface area contributed by atoms with Crippen molar-refractivity contribution < 1.29 is 9.47 Å². The van der Waals surface area contributed by atoms with E-state index in [2.05, 4.69) is 36.2 Å². The van der Waals surface area contributed by atoms with Crippen molar-refractivity contribution in [1.29, 1.82) is 0 Å². The number of fused-ring (bicyclic) bond motifs is 1. The van der Waals surface area contributed by atoms with Crippen LogP contribution in [0.5, 0.6) is 11.5 Å². The molecule has 1 N–H and O–H groups in total. The molecule has 1 aromatic rings. The molecular formula is C16H24N2O2. The zero-order valence-electron chi connectivity index (χ0n) is 12.4. The number of nitrogens with one attached hydrogen (secondary N) is 1. The lowest BCUT2D eigenvalue weighted by Gasteiger charge is -2.39. The summed E-state index contributed by atoms with van der Waals surface area (Å²) in [7, 11) is 0. The number of rotatable bonds is 3. The third-order valence-corrected chi connectivity index (χ3v) is 4.26. The fourth-order valence-electron chi connectivity index (χ4n) is 3.17. The maximum Gasteiger partial charge on any atom is 0.163 e. The van der Waals surface area contributed by atoms with Gasteiger partial charge in [-0.2, -0.15) is 0 Å². The van der Waals surface area contributed by atoms with E-state index in [9.17, 15) is 0 Å². The average Bonchev–Trinajstić information content (AvgIpc) is 2.49. The summed E-state index contributed by atoms with van der Waals surface area (Å²) in [4.78, 5) is 2.46. The molecule has 2 aliphatic heterocycles. The number of hydrogen-bond acceptors (Lipinski definition) is 4. The quantitative estimate of drug-likeness (QED) is 0.918. The Balaban J connectivity index is 1.71. The monoisotopic (exact) mass is 276 g/mol. The van der Waals surface area contributed by atoms with Crippen LogP contribution in [0.25, 0.3) is 0 Å². The molecule has 4 heteroatoms. The highest BCUT2D eigenvalue weighted by atomic mass is 16.6. The van der Waals surface area contributed by atoms with E-state index in [1.165, 1.54) is 12.1 Å². The van der Waals surface area contributed by atoms with Crippen molar-refractivity contribution in [3.05, 3.63) is 18.2 Å². The average molecular weight is 276 g/mol. The van der Waals surface area contributed by atoms with Gasteiger partial charge in [0.25, 0.3) is 0 Å². The van der Waals surface area contributed by atoms with Gasteiger partial charge >= 0.3 is 0 Å². The zero-order valence-corrected chi connectivity index (χ0v) is 12.4. The number of anilines is 1. The molecule has 2 heterocycles. The molecule has 110 valence electrons. The molecule has 4 nitrogen and oxygen atoms in total. The Hall–Kier alpha value is -1.42. The molecule has 3 rings (SSSR count). The largest absolute Gasteiger partial charge is 0.486 e. The molecule has 1 aromatic carbocycles. The van der Waals surface area contributed by atoms with Crippen molar-refractivity contribution in [3.63, 3.8) is 0 Å². The maximum atomic E-state index is 5.68. The van der Waals surface area contributed by atoms with Crippen molar-refractivity contribution >= 4 is 5.69 Å². The second-order valence-corrected chi connectivity index (χ2v) is 5.70. The van der Waals surface area contributed by atoms with Gasteiger partial charge in [0.05, 0.1) is 0 Å². The first-order chi connectivity index (χ1) is 9.78. The molecule has 0 bridgehead atoms. The summed E-state index contributed by atoms with van der Waals surface area (Å²) in [6.45, 7) is 9.06. The van der Waals surface area contributed by atoms with Gasteiger partial charge in [0.2, 0.25) is 0 Å². The van der Waals surface area contributed by atoms with Crippen LogP contribution in [0, 0.1) is 5.92 Å². The van der Waals surface area contributed by atoms with Crippen LogP contribution in [0.15, 0.2) is 18.2 Å². The maximum absolute atomic E-state index is 5.68. The molecule has 0 spiro atoms. The van der Waals surface area contributed by atoms with Crippen LogP contribution in [-0.2, 0) is 0 Å². The van der Waals surface area contributed by atoms with Crippen LogP contribution in [0.4, 0.5) is 5.69 Å². The number of nitrogens with zero attached hydrogens (tertiary/aromatic N) is 1. The van der Waals surface area contributed by atoms with Crippen molar-refractivity contribution in [1.82, 2.24) is 5.32 Å². The van der Waals surface area contributed by atoms with Crippen molar-refractivity contribution in [2.24, 2.45) is 5.92 Å². The standard InChI is InChI=1S/C16H24N2O2/c1-3-17-14-6-7-18(11-12(14)2)13-4-5-15-16(10-13)20-9-8-19-15/h4-5,10,12,14,17H,3,6-9,11H2,1-2H3. The second kappa shape index (κ2) is 5.92. The van der Waals surface area contributed by atoms with Gasteiger partial charge in [-0.15, -0.1) is 0 Å². The topological polar surface area (TPSA) is 33.7 Å². The molecule has 20 heavy (non-hydrogen) atoms. The van der Waals surface area contributed by atoms with E-state index >= 15 is 0 Å². The summed E-state index contributed by atoms with van der Waals surface area (Å²) in [5.41, 5.74) is 1.25. The van der Waals surface area contributed by atoms with Gasteiger partial charge < -0.3 is 19.7 Å². The van der Waals surface area contributed by atoms with Crippen LogP contribution >= 0.6 is 0 Å². The minimum atomic E-state index is 0.647. The fourth-order valence-corrected chi connectivity index (χ4v) is 3.17. The Bertz CT molecular complexity index is 464. The van der Waals surface area contributed by atoms with E-state index in [1.807, 2.05) is 6.07 Å². The molecule has 2 aliphatic rings. The minimum absolute atomic E-state index is 0.647. The van der Waals surface area contributed by atoms with Crippen LogP contribution in [0.3, 0.4) is 0 Å². The van der Waals surface area contributed by atoms with Crippen LogP contribution in [-0.4, -0.2) is 38.9 Å². The Kier molecular flexibility index (Phi) is 4.01. The van der Waals surface area contributed by atoms with Gasteiger partial charge in [0, 0.05) is 30.9 Å². The van der Waals surface area contributed by atoms with Crippen LogP contribution in [0.1, 0.15) is 20.3 Å². The van der Waals surface area contributed by atoms with Crippen LogP contribution in [0.2, 0.25) is 0 Å². The molecular weight excluding hydrogens is 252 g/mol. The van der Waals surface area contributed by atoms with Gasteiger partial charge in [-0.05, 0) is 31.0 Å². The Morgan fingerprint density at radius 2 is 2.05 bits per heavy atom. The Morgan fingerprint density at radius 3 is 2.80 bits per heavy atom. The highest BCUT2D eigenvalue weighted by Crippen LogP contribution is 2.35. The first kappa shape index (κ1) is 13.6. The number of hydrogen-bond donors (Lipinski definition) is 1. The van der Waals surface area contributed by atoms with E-state index < -0.39 is 0 Å². The zero-order chi connectivity index (χ0) is 13.9. The van der Waals surface area contributed by atoms with E-state index in [0.717, 1.165) is 31.1 Å². The Morgan fingerprint density at radius 1 is 1.25 bits per heavy atom. The van der Waals surface area contributed by atoms with Crippen molar-refractivity contribution in [3.8, 4) is 11.5 Å². The molecule has 1 saturated heterocycles. The van der Waals surface area contributed by atoms with Gasteiger partial charge in [-0.25, -0.2) is 0 Å². The van der Waals surface area contributed by atoms with Gasteiger partial charge in [-0.1, -0.05) is 13.8 Å². The number of benzene rings is 1. The van der Waals surface area contributed by atoms with E-state index in [0.29, 0.717) is 25.2 Å². The molecule has 0 amide bonds. The van der Waals surface area contributed by atoms with E-state index in [-0.39, 0.29) is 0 Å². The van der Waals surface area contributed by atoms with Crippen molar-refractivity contribution in [2.45, 2.75) is 26.3 Å². The summed E-state index contributed by atoms with van der Waals surface area (Å²) < 4.78 is 11.3. The SMILES string of the molecule is CCNC1CCN(c2ccc3c(c2)OCCO3)CC1C. The summed E-state index contributed by atoms with van der Waals surface area (Å²) in [5.74, 6) is 2.42. The highest BCUT2D eigenvalue weighted by Gasteiger charge is 2.26. The lowest BCUT2D eigenvalue weighted by Crippen LogP contribution is -2.48. The number of piperidine rings is 1. The van der Waals surface area contributed by atoms with E-state index in [4.69, 9.17) is 9.47 Å². The molecule has 1 fully saturated rings. The first-order valence-corrected chi connectivity index (χ1v) is 7.66. The summed E-state index contributed by atoms with van der Waals surface area (Å²) in [5, 5.41) is 3.58. The third kappa shape index (κ3) is 2.70. The second-order valence-electron chi connectivity index (χ2n) is 5.70. The van der Waals surface area contributed by atoms with Gasteiger partial charge in [0.15, 0.2) is 11.5 Å². The highest BCUT2D eigenvalue weighted by molar-refractivity contribution is 5.57. The minimum Gasteiger partial charge on any atom is -0.486 e.